The molecule has 4 atom stereocenters. The van der Waals surface area contributed by atoms with Gasteiger partial charge >= 0.3 is 0 Å². The van der Waals surface area contributed by atoms with Gasteiger partial charge in [0.25, 0.3) is 0 Å². The molecule has 1 aliphatic carbocycles. The largest absolute Gasteiger partial charge is 0.282 e. The fourth-order valence-electron chi connectivity index (χ4n) is 3.31. The first-order valence-corrected chi connectivity index (χ1v) is 6.61. The van der Waals surface area contributed by atoms with E-state index >= 15 is 0 Å². The first-order chi connectivity index (χ1) is 8.51. The van der Waals surface area contributed by atoms with Crippen molar-refractivity contribution in [2.24, 2.45) is 29.6 Å². The summed E-state index contributed by atoms with van der Waals surface area (Å²) in [6.07, 6.45) is 4.48. The quantitative estimate of drug-likeness (QED) is 0.564. The molecule has 1 saturated carbocycles. The van der Waals surface area contributed by atoms with Crippen LogP contribution in [0.15, 0.2) is 25.3 Å². The van der Waals surface area contributed by atoms with Gasteiger partial charge in [-0.1, -0.05) is 26.0 Å². The van der Waals surface area contributed by atoms with E-state index < -0.39 is 0 Å². The van der Waals surface area contributed by atoms with Crippen LogP contribution in [-0.2, 0) is 9.59 Å². The summed E-state index contributed by atoms with van der Waals surface area (Å²) in [5.74, 6) is 0.133. The van der Waals surface area contributed by atoms with Gasteiger partial charge in [-0.05, 0) is 24.2 Å². The molecule has 0 aromatic heterocycles. The molecule has 0 aromatic rings. The van der Waals surface area contributed by atoms with E-state index in [1.165, 1.54) is 4.90 Å². The summed E-state index contributed by atoms with van der Waals surface area (Å²) < 4.78 is 0. The third-order valence-corrected chi connectivity index (χ3v) is 4.11. The third kappa shape index (κ3) is 1.82. The van der Waals surface area contributed by atoms with Crippen molar-refractivity contribution in [3.05, 3.63) is 25.3 Å². The van der Waals surface area contributed by atoms with Crippen LogP contribution < -0.4 is 0 Å². The van der Waals surface area contributed by atoms with E-state index in [2.05, 4.69) is 13.2 Å². The second-order valence-corrected chi connectivity index (χ2v) is 5.77. The van der Waals surface area contributed by atoms with Crippen molar-refractivity contribution in [2.75, 3.05) is 6.54 Å². The standard InChI is InChI=1S/C15H21NO2/c1-5-10-7-11(6-2)13-12(10)14(17)16(15(13)18)8-9(3)4/h5-6,9-13H,1-2,7-8H2,3-4H3. The van der Waals surface area contributed by atoms with Crippen molar-refractivity contribution >= 4 is 11.8 Å². The zero-order valence-corrected chi connectivity index (χ0v) is 11.1. The first kappa shape index (κ1) is 13.1. The number of amides is 2. The molecule has 0 bridgehead atoms. The molecular weight excluding hydrogens is 226 g/mol. The molecule has 2 amide bonds. The molecule has 4 unspecified atom stereocenters. The number of carbonyl (C=O) groups excluding carboxylic acids is 2. The van der Waals surface area contributed by atoms with Crippen LogP contribution >= 0.6 is 0 Å². The van der Waals surface area contributed by atoms with Crippen molar-refractivity contribution in [3.63, 3.8) is 0 Å². The Labute approximate surface area is 109 Å². The van der Waals surface area contributed by atoms with E-state index in [1.807, 2.05) is 26.0 Å². The maximum atomic E-state index is 12.4. The topological polar surface area (TPSA) is 37.4 Å². The Kier molecular flexibility index (Phi) is 3.42. The Bertz CT molecular complexity index is 367. The van der Waals surface area contributed by atoms with E-state index in [0.717, 1.165) is 6.42 Å². The van der Waals surface area contributed by atoms with Crippen LogP contribution in [-0.4, -0.2) is 23.3 Å². The van der Waals surface area contributed by atoms with Gasteiger partial charge in [-0.2, -0.15) is 0 Å². The maximum Gasteiger partial charge on any atom is 0.233 e. The lowest BCUT2D eigenvalue weighted by molar-refractivity contribution is -0.141. The summed E-state index contributed by atoms with van der Waals surface area (Å²) in [5, 5.41) is 0. The molecule has 0 spiro atoms. The molecule has 1 heterocycles. The molecule has 18 heavy (non-hydrogen) atoms. The smallest absolute Gasteiger partial charge is 0.233 e. The second kappa shape index (κ2) is 4.71. The molecule has 0 N–H and O–H groups in total. The highest BCUT2D eigenvalue weighted by Gasteiger charge is 2.56. The van der Waals surface area contributed by atoms with Crippen LogP contribution in [0.2, 0.25) is 0 Å². The molecule has 2 aliphatic rings. The predicted octanol–water partition coefficient (Wildman–Crippen LogP) is 2.25. The molecule has 3 heteroatoms. The highest BCUT2D eigenvalue weighted by atomic mass is 16.2. The Morgan fingerprint density at radius 3 is 1.94 bits per heavy atom. The van der Waals surface area contributed by atoms with Crippen molar-refractivity contribution in [1.29, 1.82) is 0 Å². The van der Waals surface area contributed by atoms with Crippen molar-refractivity contribution in [2.45, 2.75) is 20.3 Å². The van der Waals surface area contributed by atoms with Crippen molar-refractivity contribution in [3.8, 4) is 0 Å². The number of nitrogens with zero attached hydrogens (tertiary/aromatic N) is 1. The van der Waals surface area contributed by atoms with Gasteiger partial charge in [0.05, 0.1) is 11.8 Å². The molecule has 2 fully saturated rings. The average molecular weight is 247 g/mol. The van der Waals surface area contributed by atoms with Gasteiger partial charge in [0.15, 0.2) is 0 Å². The van der Waals surface area contributed by atoms with Gasteiger partial charge in [0.2, 0.25) is 11.8 Å². The molecule has 2 rings (SSSR count). The summed E-state index contributed by atoms with van der Waals surface area (Å²) in [4.78, 5) is 26.2. The van der Waals surface area contributed by atoms with E-state index in [1.54, 1.807) is 0 Å². The van der Waals surface area contributed by atoms with Gasteiger partial charge in [-0.25, -0.2) is 0 Å². The number of hydrogen-bond acceptors (Lipinski definition) is 2. The van der Waals surface area contributed by atoms with Gasteiger partial charge in [0, 0.05) is 6.54 Å². The maximum absolute atomic E-state index is 12.4. The van der Waals surface area contributed by atoms with E-state index in [4.69, 9.17) is 0 Å². The summed E-state index contributed by atoms with van der Waals surface area (Å²) in [6.45, 7) is 12.2. The minimum atomic E-state index is -0.197. The Balaban J connectivity index is 2.30. The Morgan fingerprint density at radius 2 is 1.61 bits per heavy atom. The molecule has 3 nitrogen and oxygen atoms in total. The minimum absolute atomic E-state index is 0.00653. The molecule has 0 aromatic carbocycles. The number of rotatable bonds is 4. The van der Waals surface area contributed by atoms with Crippen molar-refractivity contribution < 1.29 is 9.59 Å². The third-order valence-electron chi connectivity index (χ3n) is 4.11. The Morgan fingerprint density at radius 1 is 1.17 bits per heavy atom. The number of imide groups is 1. The molecule has 98 valence electrons. The van der Waals surface area contributed by atoms with Gasteiger partial charge in [-0.15, -0.1) is 13.2 Å². The van der Waals surface area contributed by atoms with Gasteiger partial charge in [0.1, 0.15) is 0 Å². The fraction of sp³-hybridized carbons (Fsp3) is 0.600. The predicted molar refractivity (Wildman–Crippen MR) is 70.5 cm³/mol. The lowest BCUT2D eigenvalue weighted by atomic mass is 9.89. The number of allylic oxidation sites excluding steroid dienone is 2. The van der Waals surface area contributed by atoms with Gasteiger partial charge in [-0.3, -0.25) is 14.5 Å². The van der Waals surface area contributed by atoms with Crippen LogP contribution in [0.25, 0.3) is 0 Å². The number of hydrogen-bond donors (Lipinski definition) is 0. The highest BCUT2D eigenvalue weighted by molar-refractivity contribution is 6.06. The van der Waals surface area contributed by atoms with Crippen LogP contribution in [0.3, 0.4) is 0 Å². The summed E-state index contributed by atoms with van der Waals surface area (Å²) in [7, 11) is 0. The van der Waals surface area contributed by atoms with Gasteiger partial charge < -0.3 is 0 Å². The summed E-state index contributed by atoms with van der Waals surface area (Å²) in [6, 6.07) is 0. The lowest BCUT2D eigenvalue weighted by Crippen LogP contribution is -2.36. The lowest BCUT2D eigenvalue weighted by Gasteiger charge is -2.20. The van der Waals surface area contributed by atoms with Crippen LogP contribution in [0, 0.1) is 29.6 Å². The molecule has 1 aliphatic heterocycles. The zero-order chi connectivity index (χ0) is 13.4. The Hall–Kier alpha value is -1.38. The van der Waals surface area contributed by atoms with E-state index in [9.17, 15) is 9.59 Å². The molecular formula is C15H21NO2. The summed E-state index contributed by atoms with van der Waals surface area (Å²) >= 11 is 0. The number of fused-ring (bicyclic) bond motifs is 1. The van der Waals surface area contributed by atoms with Crippen LogP contribution in [0.1, 0.15) is 20.3 Å². The van der Waals surface area contributed by atoms with Crippen LogP contribution in [0.4, 0.5) is 0 Å². The fourth-order valence-corrected chi connectivity index (χ4v) is 3.31. The average Bonchev–Trinajstić information content (AvgIpc) is 2.81. The molecule has 0 radical (unpaired) electrons. The zero-order valence-electron chi connectivity index (χ0n) is 11.1. The normalized spacial score (nSPS) is 35.2. The van der Waals surface area contributed by atoms with Crippen LogP contribution in [0.5, 0.6) is 0 Å². The SMILES string of the molecule is C=CC1CC(C=C)C2C(=O)N(CC(C)C)C(=O)C12. The second-order valence-electron chi connectivity index (χ2n) is 5.77. The van der Waals surface area contributed by atoms with Crippen molar-refractivity contribution in [1.82, 2.24) is 4.90 Å². The monoisotopic (exact) mass is 247 g/mol. The first-order valence-electron chi connectivity index (χ1n) is 6.61. The van der Waals surface area contributed by atoms with E-state index in [-0.39, 0.29) is 35.5 Å². The number of carbonyl (C=O) groups is 2. The number of likely N-dealkylation sites (tertiary alicyclic amines) is 1. The summed E-state index contributed by atoms with van der Waals surface area (Å²) in [5.41, 5.74) is 0. The highest BCUT2D eigenvalue weighted by Crippen LogP contribution is 2.48. The molecule has 1 saturated heterocycles. The van der Waals surface area contributed by atoms with E-state index in [0.29, 0.717) is 12.5 Å². The minimum Gasteiger partial charge on any atom is -0.282 e.